The van der Waals surface area contributed by atoms with E-state index in [1.807, 2.05) is 61.5 Å². The summed E-state index contributed by atoms with van der Waals surface area (Å²) >= 11 is 6.63. The molecule has 1 N–H and O–H groups in total. The van der Waals surface area contributed by atoms with Gasteiger partial charge in [-0.3, -0.25) is 14.5 Å². The molecule has 31 heavy (non-hydrogen) atoms. The number of amides is 2. The molecular weight excluding hydrogens is 428 g/mol. The van der Waals surface area contributed by atoms with Gasteiger partial charge in [-0.25, -0.2) is 0 Å². The standard InChI is InChI=1S/C24H20N2O3S2/c1-16-7-11-18(12-8-16)26-23(28)21(31-24(26)30)15-22(27)25-17-9-13-20(14-10-17)29-19-5-3-2-4-6-19/h2-14,21H,15H2,1H3,(H,25,27). The number of benzene rings is 3. The number of carbonyl (C=O) groups is 2. The van der Waals surface area contributed by atoms with Gasteiger partial charge in [-0.2, -0.15) is 0 Å². The van der Waals surface area contributed by atoms with Crippen molar-refractivity contribution < 1.29 is 14.3 Å². The molecule has 0 aromatic heterocycles. The van der Waals surface area contributed by atoms with Gasteiger partial charge in [0.05, 0.1) is 5.69 Å². The van der Waals surface area contributed by atoms with Crippen LogP contribution in [0.2, 0.25) is 0 Å². The normalized spacial score (nSPS) is 15.8. The van der Waals surface area contributed by atoms with Gasteiger partial charge in [0.15, 0.2) is 0 Å². The molecule has 156 valence electrons. The number of hydrogen-bond donors (Lipinski definition) is 1. The first kappa shape index (κ1) is 21.1. The Morgan fingerprint density at radius 3 is 2.32 bits per heavy atom. The first-order valence-corrected chi connectivity index (χ1v) is 11.0. The van der Waals surface area contributed by atoms with Crippen molar-refractivity contribution in [3.8, 4) is 11.5 Å². The fourth-order valence-electron chi connectivity index (χ4n) is 3.13. The van der Waals surface area contributed by atoms with E-state index < -0.39 is 5.25 Å². The Morgan fingerprint density at radius 1 is 1.00 bits per heavy atom. The zero-order valence-electron chi connectivity index (χ0n) is 16.8. The number of hydrogen-bond acceptors (Lipinski definition) is 5. The largest absolute Gasteiger partial charge is 0.457 e. The molecule has 1 aliphatic rings. The number of nitrogens with one attached hydrogen (secondary N) is 1. The minimum Gasteiger partial charge on any atom is -0.457 e. The van der Waals surface area contributed by atoms with Crippen LogP contribution in [0.4, 0.5) is 11.4 Å². The zero-order valence-corrected chi connectivity index (χ0v) is 18.4. The number of nitrogens with zero attached hydrogens (tertiary/aromatic N) is 1. The maximum Gasteiger partial charge on any atom is 0.246 e. The lowest BCUT2D eigenvalue weighted by atomic mass is 10.2. The highest BCUT2D eigenvalue weighted by atomic mass is 32.2. The van der Waals surface area contributed by atoms with Gasteiger partial charge < -0.3 is 10.1 Å². The van der Waals surface area contributed by atoms with Crippen LogP contribution in [0.5, 0.6) is 11.5 Å². The van der Waals surface area contributed by atoms with E-state index >= 15 is 0 Å². The van der Waals surface area contributed by atoms with Gasteiger partial charge in [-0.15, -0.1) is 0 Å². The number of anilines is 2. The van der Waals surface area contributed by atoms with Crippen molar-refractivity contribution in [2.45, 2.75) is 18.6 Å². The van der Waals surface area contributed by atoms with Gasteiger partial charge in [0.1, 0.15) is 21.1 Å². The van der Waals surface area contributed by atoms with Crippen LogP contribution in [0.15, 0.2) is 78.9 Å². The molecule has 0 radical (unpaired) electrons. The van der Waals surface area contributed by atoms with E-state index in [0.29, 0.717) is 15.8 Å². The quantitative estimate of drug-likeness (QED) is 0.501. The molecule has 1 fully saturated rings. The summed E-state index contributed by atoms with van der Waals surface area (Å²) in [6.45, 7) is 1.98. The summed E-state index contributed by atoms with van der Waals surface area (Å²) in [7, 11) is 0. The molecule has 1 unspecified atom stereocenters. The molecule has 3 aromatic rings. The lowest BCUT2D eigenvalue weighted by molar-refractivity contribution is -0.121. The Bertz CT molecular complexity index is 1100. The Labute approximate surface area is 190 Å². The SMILES string of the molecule is Cc1ccc(N2C(=O)C(CC(=O)Nc3ccc(Oc4ccccc4)cc3)SC2=S)cc1. The Balaban J connectivity index is 1.35. The van der Waals surface area contributed by atoms with Gasteiger partial charge >= 0.3 is 0 Å². The molecule has 1 saturated heterocycles. The number of aryl methyl sites for hydroxylation is 1. The van der Waals surface area contributed by atoms with Crippen molar-refractivity contribution in [2.75, 3.05) is 10.2 Å². The van der Waals surface area contributed by atoms with E-state index in [-0.39, 0.29) is 18.2 Å². The maximum absolute atomic E-state index is 12.8. The minimum atomic E-state index is -0.533. The summed E-state index contributed by atoms with van der Waals surface area (Å²) in [4.78, 5) is 26.9. The van der Waals surface area contributed by atoms with Crippen LogP contribution >= 0.6 is 24.0 Å². The fraction of sp³-hybridized carbons (Fsp3) is 0.125. The molecule has 0 saturated carbocycles. The first-order chi connectivity index (χ1) is 15.0. The summed E-state index contributed by atoms with van der Waals surface area (Å²) in [5, 5.41) is 2.30. The van der Waals surface area contributed by atoms with E-state index in [1.54, 1.807) is 24.3 Å². The van der Waals surface area contributed by atoms with Crippen LogP contribution in [0.1, 0.15) is 12.0 Å². The Morgan fingerprint density at radius 2 is 1.65 bits per heavy atom. The highest BCUT2D eigenvalue weighted by Crippen LogP contribution is 2.34. The van der Waals surface area contributed by atoms with Crippen molar-refractivity contribution in [3.63, 3.8) is 0 Å². The van der Waals surface area contributed by atoms with E-state index in [0.717, 1.165) is 17.0 Å². The second-order valence-corrected chi connectivity index (χ2v) is 8.91. The molecule has 1 atom stereocenters. The van der Waals surface area contributed by atoms with Gasteiger partial charge in [-0.05, 0) is 55.5 Å². The number of thiocarbonyl (C=S) groups is 1. The highest BCUT2D eigenvalue weighted by molar-refractivity contribution is 8.25. The van der Waals surface area contributed by atoms with Gasteiger partial charge in [0.2, 0.25) is 11.8 Å². The van der Waals surface area contributed by atoms with E-state index in [9.17, 15) is 9.59 Å². The average molecular weight is 449 g/mol. The highest BCUT2D eigenvalue weighted by Gasteiger charge is 2.39. The van der Waals surface area contributed by atoms with E-state index in [4.69, 9.17) is 17.0 Å². The van der Waals surface area contributed by atoms with Gasteiger partial charge in [0.25, 0.3) is 0 Å². The number of ether oxygens (including phenoxy) is 1. The summed E-state index contributed by atoms with van der Waals surface area (Å²) in [5.41, 5.74) is 2.47. The second kappa shape index (κ2) is 9.32. The van der Waals surface area contributed by atoms with Crippen LogP contribution in [0, 0.1) is 6.92 Å². The molecule has 5 nitrogen and oxygen atoms in total. The molecule has 1 heterocycles. The van der Waals surface area contributed by atoms with Crippen molar-refractivity contribution in [2.24, 2.45) is 0 Å². The summed E-state index contributed by atoms with van der Waals surface area (Å²) in [5.74, 6) is 1.01. The van der Waals surface area contributed by atoms with Gasteiger partial charge in [-0.1, -0.05) is 59.9 Å². The molecule has 0 spiro atoms. The number of para-hydroxylation sites is 1. The van der Waals surface area contributed by atoms with Crippen molar-refractivity contribution in [3.05, 3.63) is 84.4 Å². The second-order valence-electron chi connectivity index (χ2n) is 7.07. The minimum absolute atomic E-state index is 0.0499. The summed E-state index contributed by atoms with van der Waals surface area (Å²) in [6.07, 6.45) is 0.0499. The van der Waals surface area contributed by atoms with E-state index in [2.05, 4.69) is 5.32 Å². The molecule has 3 aromatic carbocycles. The third-order valence-corrected chi connectivity index (χ3v) is 6.21. The topological polar surface area (TPSA) is 58.6 Å². The Hall–Kier alpha value is -3.16. The van der Waals surface area contributed by atoms with Crippen LogP contribution in [0.25, 0.3) is 0 Å². The maximum atomic E-state index is 12.8. The number of carbonyl (C=O) groups excluding carboxylic acids is 2. The summed E-state index contributed by atoms with van der Waals surface area (Å²) < 4.78 is 6.22. The molecule has 0 aliphatic carbocycles. The third-order valence-electron chi connectivity index (χ3n) is 4.70. The lowest BCUT2D eigenvalue weighted by Gasteiger charge is -2.15. The first-order valence-electron chi connectivity index (χ1n) is 9.74. The third kappa shape index (κ3) is 5.13. The number of rotatable bonds is 6. The lowest BCUT2D eigenvalue weighted by Crippen LogP contribution is -2.32. The molecular formula is C24H20N2O3S2. The molecule has 4 rings (SSSR count). The van der Waals surface area contributed by atoms with Gasteiger partial charge in [0, 0.05) is 12.1 Å². The molecule has 1 aliphatic heterocycles. The zero-order chi connectivity index (χ0) is 21.8. The molecule has 0 bridgehead atoms. The summed E-state index contributed by atoms with van der Waals surface area (Å²) in [6, 6.07) is 24.2. The smallest absolute Gasteiger partial charge is 0.246 e. The average Bonchev–Trinajstić information content (AvgIpc) is 3.04. The van der Waals surface area contributed by atoms with Crippen molar-refractivity contribution in [1.82, 2.24) is 0 Å². The fourth-order valence-corrected chi connectivity index (χ4v) is 4.65. The van der Waals surface area contributed by atoms with Crippen LogP contribution in [-0.2, 0) is 9.59 Å². The van der Waals surface area contributed by atoms with Crippen LogP contribution in [-0.4, -0.2) is 21.4 Å². The Kier molecular flexibility index (Phi) is 6.34. The van der Waals surface area contributed by atoms with Crippen LogP contribution < -0.4 is 15.0 Å². The van der Waals surface area contributed by atoms with Crippen molar-refractivity contribution in [1.29, 1.82) is 0 Å². The predicted molar refractivity (Wildman–Crippen MR) is 129 cm³/mol. The van der Waals surface area contributed by atoms with E-state index in [1.165, 1.54) is 16.7 Å². The molecule has 2 amide bonds. The monoisotopic (exact) mass is 448 g/mol. The van der Waals surface area contributed by atoms with Crippen molar-refractivity contribution >= 4 is 51.5 Å². The van der Waals surface area contributed by atoms with Crippen LogP contribution in [0.3, 0.4) is 0 Å². The predicted octanol–water partition coefficient (Wildman–Crippen LogP) is 5.55. The number of thioether (sulfide) groups is 1. The molecule has 7 heteroatoms.